The molecule has 0 heterocycles. The lowest BCUT2D eigenvalue weighted by Crippen LogP contribution is -2.28. The van der Waals surface area contributed by atoms with Crippen LogP contribution in [0, 0.1) is 0 Å². The second kappa shape index (κ2) is 7.56. The van der Waals surface area contributed by atoms with Gasteiger partial charge in [-0.25, -0.2) is 0 Å². The molecule has 1 N–H and O–H groups in total. The Bertz CT molecular complexity index is 875. The molecule has 3 rings (SSSR count). The Balaban J connectivity index is 1.58. The third kappa shape index (κ3) is 3.81. The number of carbonyl (C=O) groups excluding carboxylic acids is 1. The summed E-state index contributed by atoms with van der Waals surface area (Å²) in [6.07, 6.45) is 0. The summed E-state index contributed by atoms with van der Waals surface area (Å²) in [6, 6.07) is 18.7. The van der Waals surface area contributed by atoms with Gasteiger partial charge in [-0.3, -0.25) is 4.79 Å². The van der Waals surface area contributed by atoms with E-state index in [1.165, 1.54) is 0 Å². The Morgan fingerprint density at radius 3 is 2.62 bits per heavy atom. The summed E-state index contributed by atoms with van der Waals surface area (Å²) < 4.78 is 5.79. The van der Waals surface area contributed by atoms with E-state index in [2.05, 4.69) is 5.32 Å². The highest BCUT2D eigenvalue weighted by molar-refractivity contribution is 6.36. The second-order valence-corrected chi connectivity index (χ2v) is 6.05. The van der Waals surface area contributed by atoms with Gasteiger partial charge in [-0.15, -0.1) is 0 Å². The van der Waals surface area contributed by atoms with E-state index in [1.807, 2.05) is 42.5 Å². The number of rotatable bonds is 5. The van der Waals surface area contributed by atoms with Gasteiger partial charge in [-0.1, -0.05) is 59.6 Å². The molecule has 3 nitrogen and oxygen atoms in total. The number of halogens is 2. The van der Waals surface area contributed by atoms with Crippen LogP contribution in [0.5, 0.6) is 5.75 Å². The Labute approximate surface area is 150 Å². The van der Waals surface area contributed by atoms with Crippen molar-refractivity contribution >= 4 is 39.9 Å². The fourth-order valence-corrected chi connectivity index (χ4v) is 2.91. The van der Waals surface area contributed by atoms with Gasteiger partial charge in [0.05, 0.1) is 17.1 Å². The molecular weight excluding hydrogens is 345 g/mol. The van der Waals surface area contributed by atoms with Crippen molar-refractivity contribution in [2.45, 2.75) is 0 Å². The third-order valence-electron chi connectivity index (χ3n) is 3.57. The molecule has 0 radical (unpaired) electrons. The zero-order valence-corrected chi connectivity index (χ0v) is 14.3. The van der Waals surface area contributed by atoms with Crippen molar-refractivity contribution in [2.24, 2.45) is 0 Å². The molecule has 24 heavy (non-hydrogen) atoms. The first kappa shape index (κ1) is 16.6. The number of hydrogen-bond acceptors (Lipinski definition) is 2. The molecule has 3 aromatic rings. The van der Waals surface area contributed by atoms with E-state index in [1.54, 1.807) is 18.2 Å². The van der Waals surface area contributed by atoms with Crippen LogP contribution in [0.15, 0.2) is 60.7 Å². The average molecular weight is 360 g/mol. The molecule has 0 spiro atoms. The molecule has 0 aliphatic rings. The van der Waals surface area contributed by atoms with E-state index < -0.39 is 0 Å². The van der Waals surface area contributed by atoms with Crippen LogP contribution in [0.2, 0.25) is 10.0 Å². The molecule has 0 atom stereocenters. The summed E-state index contributed by atoms with van der Waals surface area (Å²) in [4.78, 5) is 12.1. The third-order valence-corrected chi connectivity index (χ3v) is 4.12. The van der Waals surface area contributed by atoms with Crippen LogP contribution in [0.3, 0.4) is 0 Å². The van der Waals surface area contributed by atoms with Crippen LogP contribution in [-0.4, -0.2) is 19.1 Å². The van der Waals surface area contributed by atoms with Gasteiger partial charge in [-0.2, -0.15) is 0 Å². The van der Waals surface area contributed by atoms with Crippen LogP contribution in [-0.2, 0) is 0 Å². The smallest absolute Gasteiger partial charge is 0.252 e. The quantitative estimate of drug-likeness (QED) is 0.654. The van der Waals surface area contributed by atoms with E-state index >= 15 is 0 Å². The van der Waals surface area contributed by atoms with Gasteiger partial charge < -0.3 is 10.1 Å². The summed E-state index contributed by atoms with van der Waals surface area (Å²) >= 11 is 11.8. The number of benzene rings is 3. The Morgan fingerprint density at radius 1 is 1.00 bits per heavy atom. The maximum atomic E-state index is 12.1. The molecule has 5 heteroatoms. The van der Waals surface area contributed by atoms with Crippen molar-refractivity contribution in [2.75, 3.05) is 13.2 Å². The van der Waals surface area contributed by atoms with E-state index in [9.17, 15) is 4.79 Å². The molecule has 0 aromatic heterocycles. The highest BCUT2D eigenvalue weighted by Crippen LogP contribution is 2.25. The second-order valence-electron chi connectivity index (χ2n) is 5.21. The largest absolute Gasteiger partial charge is 0.491 e. The van der Waals surface area contributed by atoms with Crippen LogP contribution in [0.25, 0.3) is 10.8 Å². The fourth-order valence-electron chi connectivity index (χ4n) is 2.42. The summed E-state index contributed by atoms with van der Waals surface area (Å²) in [5.41, 5.74) is 0.395. The van der Waals surface area contributed by atoms with E-state index in [0.717, 1.165) is 16.5 Å². The molecule has 0 saturated heterocycles. The molecule has 122 valence electrons. The van der Waals surface area contributed by atoms with Gasteiger partial charge in [-0.05, 0) is 29.7 Å². The Morgan fingerprint density at radius 2 is 1.79 bits per heavy atom. The van der Waals surface area contributed by atoms with Crippen molar-refractivity contribution in [1.82, 2.24) is 5.32 Å². The lowest BCUT2D eigenvalue weighted by atomic mass is 10.1. The Kier molecular flexibility index (Phi) is 5.24. The molecule has 3 aromatic carbocycles. The van der Waals surface area contributed by atoms with Gasteiger partial charge in [0, 0.05) is 10.4 Å². The minimum atomic E-state index is -0.252. The van der Waals surface area contributed by atoms with Crippen molar-refractivity contribution in [3.63, 3.8) is 0 Å². The fraction of sp³-hybridized carbons (Fsp3) is 0.105. The van der Waals surface area contributed by atoms with E-state index in [-0.39, 0.29) is 5.91 Å². The van der Waals surface area contributed by atoms with Crippen molar-refractivity contribution in [1.29, 1.82) is 0 Å². The summed E-state index contributed by atoms with van der Waals surface area (Å²) in [6.45, 7) is 0.742. The summed E-state index contributed by atoms with van der Waals surface area (Å²) in [5, 5.41) is 5.78. The molecule has 0 unspecified atom stereocenters. The van der Waals surface area contributed by atoms with Crippen molar-refractivity contribution in [3.8, 4) is 5.75 Å². The maximum absolute atomic E-state index is 12.1. The zero-order valence-electron chi connectivity index (χ0n) is 12.8. The van der Waals surface area contributed by atoms with Crippen LogP contribution in [0.1, 0.15) is 10.4 Å². The van der Waals surface area contributed by atoms with E-state index in [4.69, 9.17) is 27.9 Å². The number of fused-ring (bicyclic) bond motifs is 1. The first-order chi connectivity index (χ1) is 11.6. The maximum Gasteiger partial charge on any atom is 0.252 e. The van der Waals surface area contributed by atoms with Crippen molar-refractivity contribution in [3.05, 3.63) is 76.3 Å². The Hall–Kier alpha value is -2.23. The lowest BCUT2D eigenvalue weighted by Gasteiger charge is -2.10. The molecule has 1 amide bonds. The van der Waals surface area contributed by atoms with Gasteiger partial charge in [0.2, 0.25) is 0 Å². The molecular formula is C19H15Cl2NO2. The number of ether oxygens (including phenoxy) is 1. The van der Waals surface area contributed by atoms with Gasteiger partial charge in [0.15, 0.2) is 0 Å². The van der Waals surface area contributed by atoms with Crippen LogP contribution >= 0.6 is 23.2 Å². The van der Waals surface area contributed by atoms with Gasteiger partial charge in [0.25, 0.3) is 5.91 Å². The van der Waals surface area contributed by atoms with Crippen LogP contribution in [0.4, 0.5) is 0 Å². The summed E-state index contributed by atoms with van der Waals surface area (Å²) in [5.74, 6) is 0.546. The normalized spacial score (nSPS) is 10.6. The first-order valence-electron chi connectivity index (χ1n) is 7.49. The molecule has 0 fully saturated rings. The predicted molar refractivity (Wildman–Crippen MR) is 98.2 cm³/mol. The lowest BCUT2D eigenvalue weighted by molar-refractivity contribution is 0.0947. The predicted octanol–water partition coefficient (Wildman–Crippen LogP) is 4.96. The molecule has 0 aliphatic heterocycles. The zero-order chi connectivity index (χ0) is 16.9. The molecule has 0 saturated carbocycles. The van der Waals surface area contributed by atoms with Gasteiger partial charge in [0.1, 0.15) is 12.4 Å². The topological polar surface area (TPSA) is 38.3 Å². The molecule has 0 bridgehead atoms. The summed E-state index contributed by atoms with van der Waals surface area (Å²) in [7, 11) is 0. The minimum absolute atomic E-state index is 0.252. The molecule has 0 aliphatic carbocycles. The minimum Gasteiger partial charge on any atom is -0.491 e. The standard InChI is InChI=1S/C19H15Cl2NO2/c20-14-8-9-16(17(21)12-14)19(23)22-10-11-24-18-7-3-5-13-4-1-2-6-15(13)18/h1-9,12H,10-11H2,(H,22,23). The van der Waals surface area contributed by atoms with Crippen molar-refractivity contribution < 1.29 is 9.53 Å². The number of hydrogen-bond donors (Lipinski definition) is 1. The number of carbonyl (C=O) groups is 1. The number of amides is 1. The van der Waals surface area contributed by atoms with Crippen LogP contribution < -0.4 is 10.1 Å². The highest BCUT2D eigenvalue weighted by Gasteiger charge is 2.10. The first-order valence-corrected chi connectivity index (χ1v) is 8.24. The average Bonchev–Trinajstić information content (AvgIpc) is 2.58. The SMILES string of the molecule is O=C(NCCOc1cccc2ccccc12)c1ccc(Cl)cc1Cl. The monoisotopic (exact) mass is 359 g/mol. The van der Waals surface area contributed by atoms with E-state index in [0.29, 0.717) is 28.8 Å². The number of nitrogens with one attached hydrogen (secondary N) is 1. The van der Waals surface area contributed by atoms with Gasteiger partial charge >= 0.3 is 0 Å². The highest BCUT2D eigenvalue weighted by atomic mass is 35.5.